The summed E-state index contributed by atoms with van der Waals surface area (Å²) < 4.78 is 5.52. The maximum atomic E-state index is 12.4. The number of benzene rings is 1. The van der Waals surface area contributed by atoms with E-state index < -0.39 is 0 Å². The SMILES string of the molecule is Cc1cc(-c2cnc(-c3ccc(Cl)cc3)nc2C2CCN(C(=O)C(C)C)CC2)on1. The zero-order valence-corrected chi connectivity index (χ0v) is 18.2. The first-order valence-electron chi connectivity index (χ1n) is 10.3. The zero-order valence-electron chi connectivity index (χ0n) is 17.4. The van der Waals surface area contributed by atoms with Crippen LogP contribution in [0, 0.1) is 12.8 Å². The number of carbonyl (C=O) groups excluding carboxylic acids is 1. The summed E-state index contributed by atoms with van der Waals surface area (Å²) in [4.78, 5) is 23.8. The number of halogens is 1. The lowest BCUT2D eigenvalue weighted by atomic mass is 9.89. The minimum atomic E-state index is 0.0184. The van der Waals surface area contributed by atoms with E-state index in [0.717, 1.165) is 48.4 Å². The summed E-state index contributed by atoms with van der Waals surface area (Å²) in [5.74, 6) is 1.78. The number of aromatic nitrogens is 3. The molecule has 1 aromatic carbocycles. The van der Waals surface area contributed by atoms with E-state index in [0.29, 0.717) is 16.6 Å². The predicted octanol–water partition coefficient (Wildman–Crippen LogP) is 5.12. The van der Waals surface area contributed by atoms with E-state index in [9.17, 15) is 4.79 Å². The summed E-state index contributed by atoms with van der Waals surface area (Å²) in [5.41, 5.74) is 3.54. The van der Waals surface area contributed by atoms with Crippen molar-refractivity contribution >= 4 is 17.5 Å². The summed E-state index contributed by atoms with van der Waals surface area (Å²) >= 11 is 6.03. The minimum absolute atomic E-state index is 0.0184. The lowest BCUT2D eigenvalue weighted by molar-refractivity contribution is -0.135. The van der Waals surface area contributed by atoms with Crippen molar-refractivity contribution in [1.82, 2.24) is 20.0 Å². The summed E-state index contributed by atoms with van der Waals surface area (Å²) in [6.07, 6.45) is 3.53. The molecule has 0 radical (unpaired) electrons. The van der Waals surface area contributed by atoms with Crippen LogP contribution in [0.4, 0.5) is 0 Å². The Bertz CT molecular complexity index is 1040. The average Bonchev–Trinajstić information content (AvgIpc) is 3.19. The molecule has 0 aliphatic carbocycles. The second kappa shape index (κ2) is 8.56. The van der Waals surface area contributed by atoms with Gasteiger partial charge in [-0.3, -0.25) is 4.79 Å². The van der Waals surface area contributed by atoms with Crippen molar-refractivity contribution in [2.45, 2.75) is 39.5 Å². The highest BCUT2D eigenvalue weighted by atomic mass is 35.5. The number of carbonyl (C=O) groups is 1. The van der Waals surface area contributed by atoms with Gasteiger partial charge in [0.05, 0.1) is 17.0 Å². The first kappa shape index (κ1) is 20.5. The number of nitrogens with zero attached hydrogens (tertiary/aromatic N) is 4. The van der Waals surface area contributed by atoms with Crippen LogP contribution in [0.5, 0.6) is 0 Å². The third-order valence-corrected chi connectivity index (χ3v) is 5.75. The Morgan fingerprint density at radius 2 is 1.90 bits per heavy atom. The normalized spacial score (nSPS) is 15.0. The van der Waals surface area contributed by atoms with Crippen molar-refractivity contribution < 1.29 is 9.32 Å². The molecule has 0 saturated carbocycles. The van der Waals surface area contributed by atoms with Crippen molar-refractivity contribution in [3.8, 4) is 22.7 Å². The number of hydrogen-bond acceptors (Lipinski definition) is 5. The van der Waals surface area contributed by atoms with Crippen LogP contribution in [0.3, 0.4) is 0 Å². The number of likely N-dealkylation sites (tertiary alicyclic amines) is 1. The van der Waals surface area contributed by atoms with Crippen molar-refractivity contribution in [1.29, 1.82) is 0 Å². The molecule has 0 N–H and O–H groups in total. The lowest BCUT2D eigenvalue weighted by Crippen LogP contribution is -2.40. The van der Waals surface area contributed by atoms with Crippen LogP contribution in [-0.4, -0.2) is 39.0 Å². The molecular weight excluding hydrogens is 400 g/mol. The van der Waals surface area contributed by atoms with Crippen molar-refractivity contribution in [2.24, 2.45) is 5.92 Å². The molecule has 4 rings (SSSR count). The number of rotatable bonds is 4. The maximum absolute atomic E-state index is 12.4. The van der Waals surface area contributed by atoms with Gasteiger partial charge in [0.25, 0.3) is 0 Å². The monoisotopic (exact) mass is 424 g/mol. The Morgan fingerprint density at radius 1 is 1.20 bits per heavy atom. The van der Waals surface area contributed by atoms with Crippen LogP contribution < -0.4 is 0 Å². The molecule has 1 fully saturated rings. The molecule has 30 heavy (non-hydrogen) atoms. The van der Waals surface area contributed by atoms with Gasteiger partial charge in [-0.2, -0.15) is 0 Å². The third kappa shape index (κ3) is 4.24. The van der Waals surface area contributed by atoms with E-state index in [4.69, 9.17) is 21.1 Å². The van der Waals surface area contributed by atoms with Crippen LogP contribution in [0.1, 0.15) is 44.0 Å². The Hall–Kier alpha value is -2.73. The van der Waals surface area contributed by atoms with Gasteiger partial charge in [-0.1, -0.05) is 30.6 Å². The van der Waals surface area contributed by atoms with Gasteiger partial charge in [0.1, 0.15) is 0 Å². The van der Waals surface area contributed by atoms with Crippen LogP contribution in [0.15, 0.2) is 41.1 Å². The van der Waals surface area contributed by atoms with E-state index in [1.165, 1.54) is 0 Å². The highest BCUT2D eigenvalue weighted by Crippen LogP contribution is 2.35. The molecule has 3 heterocycles. The Kier molecular flexibility index (Phi) is 5.86. The smallest absolute Gasteiger partial charge is 0.225 e. The molecule has 3 aromatic rings. The predicted molar refractivity (Wildman–Crippen MR) is 116 cm³/mol. The van der Waals surface area contributed by atoms with E-state index in [1.807, 2.05) is 62.2 Å². The van der Waals surface area contributed by atoms with Crippen LogP contribution >= 0.6 is 11.6 Å². The standard InChI is InChI=1S/C23H25ClN4O2/c1-14(2)23(29)28-10-8-16(9-11-28)21-19(20-12-15(3)27-30-20)13-25-22(26-21)17-4-6-18(24)7-5-17/h4-7,12-14,16H,8-11H2,1-3H3. The van der Waals surface area contributed by atoms with Crippen LogP contribution in [0.25, 0.3) is 22.7 Å². The summed E-state index contributed by atoms with van der Waals surface area (Å²) in [5, 5.41) is 4.70. The topological polar surface area (TPSA) is 72.1 Å². The molecule has 1 aliphatic rings. The van der Waals surface area contributed by atoms with Gasteiger partial charge < -0.3 is 9.42 Å². The van der Waals surface area contributed by atoms with Gasteiger partial charge in [-0.05, 0) is 44.0 Å². The molecule has 0 bridgehead atoms. The number of piperidine rings is 1. The van der Waals surface area contributed by atoms with Crippen molar-refractivity contribution in [3.05, 3.63) is 52.9 Å². The fourth-order valence-electron chi connectivity index (χ4n) is 3.86. The molecule has 2 aromatic heterocycles. The quantitative estimate of drug-likeness (QED) is 0.581. The fraction of sp³-hybridized carbons (Fsp3) is 0.391. The summed E-state index contributed by atoms with van der Waals surface area (Å²) in [7, 11) is 0. The molecule has 1 aliphatic heterocycles. The number of amides is 1. The molecule has 0 spiro atoms. The zero-order chi connectivity index (χ0) is 21.3. The van der Waals surface area contributed by atoms with Gasteiger partial charge in [0.2, 0.25) is 5.91 Å². The Balaban J connectivity index is 1.68. The van der Waals surface area contributed by atoms with Gasteiger partial charge in [0, 0.05) is 47.8 Å². The molecule has 1 saturated heterocycles. The van der Waals surface area contributed by atoms with E-state index in [2.05, 4.69) is 10.1 Å². The second-order valence-corrected chi connectivity index (χ2v) is 8.52. The van der Waals surface area contributed by atoms with Gasteiger partial charge in [0.15, 0.2) is 11.6 Å². The molecule has 0 unspecified atom stereocenters. The van der Waals surface area contributed by atoms with E-state index in [1.54, 1.807) is 0 Å². The molecule has 7 heteroatoms. The van der Waals surface area contributed by atoms with Crippen molar-refractivity contribution in [3.63, 3.8) is 0 Å². The van der Waals surface area contributed by atoms with Crippen LogP contribution in [0.2, 0.25) is 5.02 Å². The molecule has 1 amide bonds. The van der Waals surface area contributed by atoms with Crippen LogP contribution in [-0.2, 0) is 4.79 Å². The first-order valence-corrected chi connectivity index (χ1v) is 10.7. The molecule has 156 valence electrons. The molecular formula is C23H25ClN4O2. The maximum Gasteiger partial charge on any atom is 0.225 e. The van der Waals surface area contributed by atoms with E-state index in [-0.39, 0.29) is 17.7 Å². The number of aryl methyl sites for hydroxylation is 1. The Labute approximate surface area is 181 Å². The average molecular weight is 425 g/mol. The van der Waals surface area contributed by atoms with Gasteiger partial charge in [-0.15, -0.1) is 0 Å². The molecule has 6 nitrogen and oxygen atoms in total. The van der Waals surface area contributed by atoms with Gasteiger partial charge in [-0.25, -0.2) is 9.97 Å². The third-order valence-electron chi connectivity index (χ3n) is 5.50. The first-order chi connectivity index (χ1) is 14.4. The van der Waals surface area contributed by atoms with Gasteiger partial charge >= 0.3 is 0 Å². The largest absolute Gasteiger partial charge is 0.356 e. The summed E-state index contributed by atoms with van der Waals surface area (Å²) in [6.45, 7) is 7.25. The minimum Gasteiger partial charge on any atom is -0.356 e. The summed E-state index contributed by atoms with van der Waals surface area (Å²) in [6, 6.07) is 9.42. The lowest BCUT2D eigenvalue weighted by Gasteiger charge is -2.33. The van der Waals surface area contributed by atoms with E-state index >= 15 is 0 Å². The number of hydrogen-bond donors (Lipinski definition) is 0. The highest BCUT2D eigenvalue weighted by molar-refractivity contribution is 6.30. The molecule has 0 atom stereocenters. The fourth-order valence-corrected chi connectivity index (χ4v) is 3.99. The highest BCUT2D eigenvalue weighted by Gasteiger charge is 2.29. The second-order valence-electron chi connectivity index (χ2n) is 8.09. The Morgan fingerprint density at radius 3 is 2.50 bits per heavy atom. The van der Waals surface area contributed by atoms with Crippen molar-refractivity contribution in [2.75, 3.05) is 13.1 Å².